The summed E-state index contributed by atoms with van der Waals surface area (Å²) in [5, 5.41) is 5.91. The van der Waals surface area contributed by atoms with Crippen LogP contribution in [0.4, 0.5) is 0 Å². The van der Waals surface area contributed by atoms with Crippen molar-refractivity contribution in [2.24, 2.45) is 0 Å². The summed E-state index contributed by atoms with van der Waals surface area (Å²) < 4.78 is 2.17. The summed E-state index contributed by atoms with van der Waals surface area (Å²) in [4.78, 5) is 17.3. The number of pyridine rings is 3. The molecule has 0 aliphatic heterocycles. The van der Waals surface area contributed by atoms with E-state index in [-0.39, 0.29) is 0 Å². The monoisotopic (exact) mass is 359 g/mol. The Kier molecular flexibility index (Phi) is 2.44. The number of hydrogen-bond donors (Lipinski definition) is 1. The van der Waals surface area contributed by atoms with E-state index in [9.17, 15) is 0 Å². The van der Waals surface area contributed by atoms with Gasteiger partial charge in [0, 0.05) is 44.8 Å². The van der Waals surface area contributed by atoms with Crippen molar-refractivity contribution in [2.45, 2.75) is 0 Å². The molecule has 0 unspecified atom stereocenters. The maximum absolute atomic E-state index is 4.94. The van der Waals surface area contributed by atoms with Gasteiger partial charge in [0.2, 0.25) is 0 Å². The van der Waals surface area contributed by atoms with Crippen molar-refractivity contribution >= 4 is 60.2 Å². The molecule has 5 nitrogen and oxygen atoms in total. The Balaban J connectivity index is 1.87. The first-order chi connectivity index (χ1) is 13.9. The Labute approximate surface area is 158 Å². The minimum atomic E-state index is 0.930. The van der Waals surface area contributed by atoms with Crippen LogP contribution in [0.1, 0.15) is 0 Å². The van der Waals surface area contributed by atoms with Crippen molar-refractivity contribution in [3.05, 3.63) is 73.3 Å². The van der Waals surface area contributed by atoms with Crippen molar-refractivity contribution in [1.29, 1.82) is 0 Å². The second-order valence-corrected chi connectivity index (χ2v) is 7.11. The van der Waals surface area contributed by atoms with Gasteiger partial charge in [0.05, 0.1) is 34.5 Å². The highest BCUT2D eigenvalue weighted by atomic mass is 15.0. The summed E-state index contributed by atoms with van der Waals surface area (Å²) in [6.07, 6.45) is 7.42. The molecule has 0 atom stereocenters. The van der Waals surface area contributed by atoms with Gasteiger partial charge in [-0.05, 0) is 24.3 Å². The maximum Gasteiger partial charge on any atom is 0.146 e. The first kappa shape index (κ1) is 14.1. The van der Waals surface area contributed by atoms with Crippen molar-refractivity contribution in [2.75, 3.05) is 0 Å². The van der Waals surface area contributed by atoms with Crippen LogP contribution >= 0.6 is 0 Å². The van der Waals surface area contributed by atoms with Gasteiger partial charge in [-0.25, -0.2) is 4.98 Å². The van der Waals surface area contributed by atoms with Crippen LogP contribution in [0, 0.1) is 0 Å². The molecule has 0 saturated heterocycles. The minimum absolute atomic E-state index is 0.930. The lowest BCUT2D eigenvalue weighted by atomic mass is 10.0. The number of para-hydroxylation sites is 1. The van der Waals surface area contributed by atoms with Gasteiger partial charge in [-0.3, -0.25) is 14.4 Å². The zero-order valence-corrected chi connectivity index (χ0v) is 14.7. The normalized spacial score (nSPS) is 12.3. The Morgan fingerprint density at radius 1 is 0.714 bits per heavy atom. The summed E-state index contributed by atoms with van der Waals surface area (Å²) in [6.45, 7) is 0. The molecule has 0 aliphatic carbocycles. The van der Waals surface area contributed by atoms with Crippen molar-refractivity contribution in [3.8, 4) is 0 Å². The molecule has 5 heterocycles. The standard InChI is InChI=1S/C23H13N5/c1-2-4-17-13(3-1)14-5-6-16-21(22(14)26-17)15-7-9-24-11-19(15)28-20-12-25-10-8-18(20)27-23(16)28/h1-12,26H. The smallest absolute Gasteiger partial charge is 0.146 e. The lowest BCUT2D eigenvalue weighted by molar-refractivity contribution is 1.25. The van der Waals surface area contributed by atoms with E-state index in [0.717, 1.165) is 44.0 Å². The summed E-state index contributed by atoms with van der Waals surface area (Å²) in [5.41, 5.74) is 6.18. The number of nitrogens with zero attached hydrogens (tertiary/aromatic N) is 4. The predicted octanol–water partition coefficient (Wildman–Crippen LogP) is 5.22. The van der Waals surface area contributed by atoms with Crippen LogP contribution in [0.3, 0.4) is 0 Å². The number of imidazole rings is 1. The zero-order chi connectivity index (χ0) is 18.2. The first-order valence-electron chi connectivity index (χ1n) is 9.21. The van der Waals surface area contributed by atoms with Crippen LogP contribution in [0.5, 0.6) is 0 Å². The minimum Gasteiger partial charge on any atom is -0.354 e. The molecule has 130 valence electrons. The molecule has 0 spiro atoms. The Morgan fingerprint density at radius 2 is 1.54 bits per heavy atom. The SMILES string of the molecule is c1ccc2c(c1)[nH]c1c2ccc2c1c1ccncc1n1c3cnccc3nc21. The highest BCUT2D eigenvalue weighted by Crippen LogP contribution is 2.38. The van der Waals surface area contributed by atoms with Gasteiger partial charge in [-0.15, -0.1) is 0 Å². The number of aromatic amines is 1. The third-order valence-electron chi connectivity index (χ3n) is 5.69. The van der Waals surface area contributed by atoms with Crippen LogP contribution < -0.4 is 0 Å². The molecule has 2 aromatic carbocycles. The molecule has 5 heteroatoms. The van der Waals surface area contributed by atoms with Crippen LogP contribution in [0.2, 0.25) is 0 Å². The molecule has 7 aromatic rings. The Morgan fingerprint density at radius 3 is 2.50 bits per heavy atom. The fourth-order valence-corrected chi connectivity index (χ4v) is 4.51. The van der Waals surface area contributed by atoms with E-state index in [1.807, 2.05) is 24.7 Å². The number of H-pyrrole nitrogens is 1. The lowest BCUT2D eigenvalue weighted by Gasteiger charge is -2.09. The van der Waals surface area contributed by atoms with E-state index >= 15 is 0 Å². The Hall–Kier alpha value is -3.99. The molecule has 0 radical (unpaired) electrons. The van der Waals surface area contributed by atoms with E-state index in [0.29, 0.717) is 0 Å². The number of hydrogen-bond acceptors (Lipinski definition) is 3. The van der Waals surface area contributed by atoms with E-state index in [1.54, 1.807) is 6.20 Å². The quantitative estimate of drug-likeness (QED) is 0.378. The number of benzene rings is 2. The van der Waals surface area contributed by atoms with Gasteiger partial charge in [0.25, 0.3) is 0 Å². The molecule has 1 N–H and O–H groups in total. The van der Waals surface area contributed by atoms with Crippen LogP contribution in [0.15, 0.2) is 73.3 Å². The predicted molar refractivity (Wildman–Crippen MR) is 113 cm³/mol. The first-order valence-corrected chi connectivity index (χ1v) is 9.21. The van der Waals surface area contributed by atoms with Crippen LogP contribution in [-0.2, 0) is 0 Å². The second-order valence-electron chi connectivity index (χ2n) is 7.11. The number of nitrogens with one attached hydrogen (secondary N) is 1. The van der Waals surface area contributed by atoms with Gasteiger partial charge in [-0.1, -0.05) is 24.3 Å². The number of fused-ring (bicyclic) bond motifs is 12. The third-order valence-corrected chi connectivity index (χ3v) is 5.69. The summed E-state index contributed by atoms with van der Waals surface area (Å²) >= 11 is 0. The fourth-order valence-electron chi connectivity index (χ4n) is 4.51. The zero-order valence-electron chi connectivity index (χ0n) is 14.7. The highest BCUT2D eigenvalue weighted by Gasteiger charge is 2.17. The molecule has 0 aliphatic rings. The topological polar surface area (TPSA) is 58.9 Å². The van der Waals surface area contributed by atoms with Crippen molar-refractivity contribution < 1.29 is 0 Å². The molecule has 5 aromatic heterocycles. The van der Waals surface area contributed by atoms with Gasteiger partial charge >= 0.3 is 0 Å². The van der Waals surface area contributed by atoms with E-state index in [4.69, 9.17) is 4.98 Å². The van der Waals surface area contributed by atoms with Gasteiger partial charge in [-0.2, -0.15) is 0 Å². The highest BCUT2D eigenvalue weighted by molar-refractivity contribution is 6.26. The van der Waals surface area contributed by atoms with Gasteiger partial charge in [0.1, 0.15) is 5.65 Å². The van der Waals surface area contributed by atoms with Crippen LogP contribution in [0.25, 0.3) is 60.2 Å². The average molecular weight is 359 g/mol. The molecule has 7 rings (SSSR count). The van der Waals surface area contributed by atoms with E-state index < -0.39 is 0 Å². The van der Waals surface area contributed by atoms with Gasteiger partial charge < -0.3 is 4.98 Å². The van der Waals surface area contributed by atoms with Crippen molar-refractivity contribution in [3.63, 3.8) is 0 Å². The largest absolute Gasteiger partial charge is 0.354 e. The van der Waals surface area contributed by atoms with Crippen LogP contribution in [-0.4, -0.2) is 24.3 Å². The maximum atomic E-state index is 4.94. The Bertz CT molecular complexity index is 1720. The van der Waals surface area contributed by atoms with Gasteiger partial charge in [0.15, 0.2) is 0 Å². The molecule has 0 fully saturated rings. The number of rotatable bonds is 0. The fraction of sp³-hybridized carbons (Fsp3) is 0. The molecular formula is C23H13N5. The van der Waals surface area contributed by atoms with Crippen molar-refractivity contribution in [1.82, 2.24) is 24.3 Å². The average Bonchev–Trinajstić information content (AvgIpc) is 3.32. The molecular weight excluding hydrogens is 346 g/mol. The third kappa shape index (κ3) is 1.60. The lowest BCUT2D eigenvalue weighted by Crippen LogP contribution is -1.93. The molecule has 0 bridgehead atoms. The molecule has 28 heavy (non-hydrogen) atoms. The summed E-state index contributed by atoms with van der Waals surface area (Å²) in [5.74, 6) is 0. The van der Waals surface area contributed by atoms with E-state index in [2.05, 4.69) is 61.8 Å². The second kappa shape index (κ2) is 4.84. The molecule has 0 amide bonds. The summed E-state index contributed by atoms with van der Waals surface area (Å²) in [7, 11) is 0. The number of aromatic nitrogens is 5. The molecule has 0 saturated carbocycles. The summed E-state index contributed by atoms with van der Waals surface area (Å²) in [6, 6.07) is 16.9. The van der Waals surface area contributed by atoms with E-state index in [1.165, 1.54) is 16.2 Å².